The highest BCUT2D eigenvalue weighted by Gasteiger charge is 2.24. The molecule has 1 N–H and O–H groups in total. The molecular formula is C17H23N5O2S. The first-order valence-electron chi connectivity index (χ1n) is 8.46. The number of nitrogens with one attached hydrogen (secondary N) is 1. The molecule has 134 valence electrons. The Morgan fingerprint density at radius 1 is 1.36 bits per heavy atom. The quantitative estimate of drug-likeness (QED) is 0.905. The van der Waals surface area contributed by atoms with Gasteiger partial charge in [-0.2, -0.15) is 5.10 Å². The second-order valence-corrected chi connectivity index (χ2v) is 7.55. The third-order valence-electron chi connectivity index (χ3n) is 4.53. The lowest BCUT2D eigenvalue weighted by Crippen LogP contribution is -2.36. The van der Waals surface area contributed by atoms with Crippen LogP contribution in [-0.2, 0) is 17.9 Å². The smallest absolute Gasteiger partial charge is 0.272 e. The highest BCUT2D eigenvalue weighted by atomic mass is 32.1. The molecule has 8 heteroatoms. The van der Waals surface area contributed by atoms with Crippen molar-refractivity contribution in [2.45, 2.75) is 53.2 Å². The van der Waals surface area contributed by atoms with Crippen LogP contribution < -0.4 is 5.32 Å². The molecule has 0 aliphatic carbocycles. The number of nitrogens with zero attached hydrogens (tertiary/aromatic N) is 4. The summed E-state index contributed by atoms with van der Waals surface area (Å²) in [5, 5.41) is 8.36. The fourth-order valence-electron chi connectivity index (χ4n) is 2.86. The van der Waals surface area contributed by atoms with Gasteiger partial charge in [0.05, 0.1) is 30.5 Å². The predicted molar refractivity (Wildman–Crippen MR) is 95.4 cm³/mol. The topological polar surface area (TPSA) is 80.1 Å². The van der Waals surface area contributed by atoms with Crippen molar-refractivity contribution in [1.82, 2.24) is 25.0 Å². The third kappa shape index (κ3) is 3.58. The van der Waals surface area contributed by atoms with E-state index in [-0.39, 0.29) is 17.9 Å². The van der Waals surface area contributed by atoms with Gasteiger partial charge in [0.25, 0.3) is 5.91 Å². The number of carbonyl (C=O) groups excluding carboxylic acids is 2. The number of fused-ring (bicyclic) bond motifs is 1. The van der Waals surface area contributed by atoms with E-state index in [0.29, 0.717) is 25.3 Å². The normalized spacial score (nSPS) is 15.0. The Kier molecular flexibility index (Phi) is 4.89. The number of aromatic nitrogens is 3. The van der Waals surface area contributed by atoms with E-state index >= 15 is 0 Å². The standard InChI is InChI=1S/C17H23N5O2S/c1-5-14(17-18-10(2)11(3)25-17)19-16(24)15-8-13-9-21(12(4)23)6-7-22(13)20-15/h8,14H,5-7,9H2,1-4H3,(H,19,24). The molecule has 0 fully saturated rings. The summed E-state index contributed by atoms with van der Waals surface area (Å²) >= 11 is 1.62. The first-order valence-corrected chi connectivity index (χ1v) is 9.27. The van der Waals surface area contributed by atoms with Crippen LogP contribution in [-0.4, -0.2) is 38.0 Å². The summed E-state index contributed by atoms with van der Waals surface area (Å²) < 4.78 is 1.81. The Morgan fingerprint density at radius 3 is 2.72 bits per heavy atom. The Hall–Kier alpha value is -2.22. The number of aryl methyl sites for hydroxylation is 2. The Morgan fingerprint density at radius 2 is 2.12 bits per heavy atom. The van der Waals surface area contributed by atoms with Crippen molar-refractivity contribution in [3.63, 3.8) is 0 Å². The lowest BCUT2D eigenvalue weighted by Gasteiger charge is -2.26. The molecule has 0 aromatic carbocycles. The van der Waals surface area contributed by atoms with Gasteiger partial charge in [-0.15, -0.1) is 11.3 Å². The van der Waals surface area contributed by atoms with Crippen molar-refractivity contribution < 1.29 is 9.59 Å². The summed E-state index contributed by atoms with van der Waals surface area (Å²) in [6.45, 7) is 9.34. The first-order chi connectivity index (χ1) is 11.9. The van der Waals surface area contributed by atoms with Crippen molar-refractivity contribution in [2.24, 2.45) is 0 Å². The molecule has 0 radical (unpaired) electrons. The van der Waals surface area contributed by atoms with Gasteiger partial charge in [0.2, 0.25) is 5.91 Å². The van der Waals surface area contributed by atoms with Gasteiger partial charge < -0.3 is 10.2 Å². The van der Waals surface area contributed by atoms with E-state index in [1.54, 1.807) is 29.2 Å². The van der Waals surface area contributed by atoms with Crippen LogP contribution in [0.5, 0.6) is 0 Å². The summed E-state index contributed by atoms with van der Waals surface area (Å²) in [7, 11) is 0. The lowest BCUT2D eigenvalue weighted by atomic mass is 10.2. The van der Waals surface area contributed by atoms with Crippen molar-refractivity contribution in [3.05, 3.63) is 33.0 Å². The van der Waals surface area contributed by atoms with Gasteiger partial charge in [0.1, 0.15) is 5.01 Å². The van der Waals surface area contributed by atoms with Gasteiger partial charge in [-0.3, -0.25) is 14.3 Å². The van der Waals surface area contributed by atoms with E-state index in [9.17, 15) is 9.59 Å². The predicted octanol–water partition coefficient (Wildman–Crippen LogP) is 2.20. The Labute approximate surface area is 151 Å². The zero-order chi connectivity index (χ0) is 18.1. The lowest BCUT2D eigenvalue weighted by molar-refractivity contribution is -0.130. The molecule has 2 aromatic rings. The average Bonchev–Trinajstić information content (AvgIpc) is 3.15. The van der Waals surface area contributed by atoms with E-state index < -0.39 is 0 Å². The van der Waals surface area contributed by atoms with Gasteiger partial charge in [-0.25, -0.2) is 4.98 Å². The van der Waals surface area contributed by atoms with E-state index in [2.05, 4.69) is 15.4 Å². The molecular weight excluding hydrogens is 338 g/mol. The Balaban J connectivity index is 1.74. The van der Waals surface area contributed by atoms with Gasteiger partial charge in [-0.1, -0.05) is 6.92 Å². The average molecular weight is 361 g/mol. The fraction of sp³-hybridized carbons (Fsp3) is 0.529. The van der Waals surface area contributed by atoms with Crippen LogP contribution in [0.3, 0.4) is 0 Å². The minimum Gasteiger partial charge on any atom is -0.341 e. The molecule has 1 atom stereocenters. The van der Waals surface area contributed by atoms with Crippen molar-refractivity contribution in [3.8, 4) is 0 Å². The van der Waals surface area contributed by atoms with Crippen LogP contribution in [0, 0.1) is 13.8 Å². The maximum Gasteiger partial charge on any atom is 0.272 e. The van der Waals surface area contributed by atoms with Crippen LogP contribution in [0.1, 0.15) is 58.1 Å². The van der Waals surface area contributed by atoms with E-state index in [0.717, 1.165) is 22.8 Å². The van der Waals surface area contributed by atoms with Gasteiger partial charge >= 0.3 is 0 Å². The number of hydrogen-bond acceptors (Lipinski definition) is 5. The summed E-state index contributed by atoms with van der Waals surface area (Å²) in [5.74, 6) is -0.160. The largest absolute Gasteiger partial charge is 0.341 e. The first kappa shape index (κ1) is 17.6. The van der Waals surface area contributed by atoms with Crippen LogP contribution in [0.25, 0.3) is 0 Å². The van der Waals surface area contributed by atoms with Gasteiger partial charge in [-0.05, 0) is 26.3 Å². The molecule has 0 saturated heterocycles. The van der Waals surface area contributed by atoms with Crippen LogP contribution >= 0.6 is 11.3 Å². The van der Waals surface area contributed by atoms with Crippen LogP contribution in [0.4, 0.5) is 0 Å². The minimum atomic E-state index is -0.200. The molecule has 25 heavy (non-hydrogen) atoms. The minimum absolute atomic E-state index is 0.0407. The molecule has 7 nitrogen and oxygen atoms in total. The SMILES string of the molecule is CCC(NC(=O)c1cc2n(n1)CCN(C(C)=O)C2)c1nc(C)c(C)s1. The second-order valence-electron chi connectivity index (χ2n) is 6.31. The second kappa shape index (κ2) is 6.95. The maximum absolute atomic E-state index is 12.6. The molecule has 1 aliphatic heterocycles. The maximum atomic E-state index is 12.6. The number of amides is 2. The Bertz CT molecular complexity index is 791. The molecule has 1 aliphatic rings. The van der Waals surface area contributed by atoms with E-state index in [4.69, 9.17) is 0 Å². The number of rotatable bonds is 4. The van der Waals surface area contributed by atoms with Crippen molar-refractivity contribution in [2.75, 3.05) is 6.54 Å². The van der Waals surface area contributed by atoms with Crippen LogP contribution in [0.2, 0.25) is 0 Å². The number of hydrogen-bond donors (Lipinski definition) is 1. The zero-order valence-corrected chi connectivity index (χ0v) is 15.8. The number of carbonyl (C=O) groups is 2. The molecule has 0 spiro atoms. The molecule has 2 amide bonds. The molecule has 3 heterocycles. The summed E-state index contributed by atoms with van der Waals surface area (Å²) in [4.78, 5) is 31.6. The molecule has 1 unspecified atom stereocenters. The van der Waals surface area contributed by atoms with Crippen molar-refractivity contribution >= 4 is 23.2 Å². The molecule has 0 saturated carbocycles. The molecule has 2 aromatic heterocycles. The zero-order valence-electron chi connectivity index (χ0n) is 15.0. The highest BCUT2D eigenvalue weighted by molar-refractivity contribution is 7.11. The van der Waals surface area contributed by atoms with E-state index in [1.165, 1.54) is 4.88 Å². The highest BCUT2D eigenvalue weighted by Crippen LogP contribution is 2.25. The third-order valence-corrected chi connectivity index (χ3v) is 5.72. The van der Waals surface area contributed by atoms with Crippen molar-refractivity contribution in [1.29, 1.82) is 0 Å². The summed E-state index contributed by atoms with van der Waals surface area (Å²) in [6.07, 6.45) is 0.768. The summed E-state index contributed by atoms with van der Waals surface area (Å²) in [5.41, 5.74) is 2.29. The monoisotopic (exact) mass is 361 g/mol. The fourth-order valence-corrected chi connectivity index (χ4v) is 3.92. The van der Waals surface area contributed by atoms with Gasteiger partial charge in [0.15, 0.2) is 5.69 Å². The number of thiazole rings is 1. The molecule has 0 bridgehead atoms. The van der Waals surface area contributed by atoms with Crippen LogP contribution in [0.15, 0.2) is 6.07 Å². The summed E-state index contributed by atoms with van der Waals surface area (Å²) in [6, 6.07) is 1.66. The van der Waals surface area contributed by atoms with E-state index in [1.807, 2.05) is 25.5 Å². The van der Waals surface area contributed by atoms with Gasteiger partial charge in [0, 0.05) is 18.3 Å². The molecule has 3 rings (SSSR count).